The molecule has 30 heavy (non-hydrogen) atoms. The van der Waals surface area contributed by atoms with Crippen LogP contribution in [0.5, 0.6) is 0 Å². The van der Waals surface area contributed by atoms with Crippen LogP contribution < -0.4 is 5.32 Å². The number of benzene rings is 2. The molecule has 2 heterocycles. The van der Waals surface area contributed by atoms with Gasteiger partial charge in [0.05, 0.1) is 27.1 Å². The van der Waals surface area contributed by atoms with Crippen LogP contribution in [0.3, 0.4) is 0 Å². The minimum atomic E-state index is 0.673. The quantitative estimate of drug-likeness (QED) is 0.134. The molecule has 158 valence electrons. The molecule has 0 saturated carbocycles. The number of hydrogen-bond acceptors (Lipinski definition) is 6. The first-order valence-electron chi connectivity index (χ1n) is 10.6. The Morgan fingerprint density at radius 2 is 1.83 bits per heavy atom. The molecule has 3 nitrogen and oxygen atoms in total. The molecule has 0 aliphatic rings. The molecule has 0 amide bonds. The third-order valence-electron chi connectivity index (χ3n) is 5.11. The van der Waals surface area contributed by atoms with Crippen LogP contribution in [0.1, 0.15) is 45.4 Å². The number of nitrogens with one attached hydrogen (secondary N) is 1. The van der Waals surface area contributed by atoms with Gasteiger partial charge >= 0.3 is 0 Å². The molecule has 0 unspecified atom stereocenters. The van der Waals surface area contributed by atoms with Crippen LogP contribution in [0.25, 0.3) is 20.4 Å². The summed E-state index contributed by atoms with van der Waals surface area (Å²) in [6.07, 6.45) is 8.06. The van der Waals surface area contributed by atoms with Gasteiger partial charge in [-0.15, -0.1) is 22.7 Å². The van der Waals surface area contributed by atoms with Gasteiger partial charge in [0.15, 0.2) is 8.29 Å². The van der Waals surface area contributed by atoms with Gasteiger partial charge in [-0.05, 0) is 49.0 Å². The van der Waals surface area contributed by atoms with E-state index in [-0.39, 0.29) is 0 Å². The van der Waals surface area contributed by atoms with Crippen molar-refractivity contribution in [1.29, 1.82) is 0 Å². The molecule has 4 rings (SSSR count). The van der Waals surface area contributed by atoms with Crippen LogP contribution >= 0.6 is 46.7 Å². The predicted molar refractivity (Wildman–Crippen MR) is 138 cm³/mol. The Kier molecular flexibility index (Phi) is 7.82. The summed E-state index contributed by atoms with van der Waals surface area (Å²) in [6.45, 7) is 2.94. The van der Waals surface area contributed by atoms with Crippen LogP contribution in [0, 0.1) is 3.95 Å². The van der Waals surface area contributed by atoms with Gasteiger partial charge in [0.2, 0.25) is 0 Å². The van der Waals surface area contributed by atoms with Crippen LogP contribution in [-0.2, 0) is 6.67 Å². The van der Waals surface area contributed by atoms with E-state index >= 15 is 0 Å². The van der Waals surface area contributed by atoms with Gasteiger partial charge in [-0.2, -0.15) is 0 Å². The van der Waals surface area contributed by atoms with Gasteiger partial charge in [0, 0.05) is 11.4 Å². The number of unbranched alkanes of at least 4 members (excludes halogenated alkanes) is 5. The van der Waals surface area contributed by atoms with Crippen molar-refractivity contribution in [3.05, 3.63) is 46.4 Å². The Bertz CT molecular complexity index is 1160. The number of hydrogen-bond donors (Lipinski definition) is 1. The molecule has 2 aromatic carbocycles. The number of thiazole rings is 2. The highest BCUT2D eigenvalue weighted by Gasteiger charge is 2.07. The van der Waals surface area contributed by atoms with Crippen molar-refractivity contribution in [3.8, 4) is 0 Å². The first kappa shape index (κ1) is 21.8. The van der Waals surface area contributed by atoms with E-state index in [2.05, 4.69) is 59.3 Å². The molecule has 0 spiro atoms. The lowest BCUT2D eigenvalue weighted by atomic mass is 10.1. The first-order chi connectivity index (χ1) is 14.7. The molecule has 0 radical (unpaired) electrons. The Balaban J connectivity index is 1.34. The van der Waals surface area contributed by atoms with Crippen molar-refractivity contribution in [2.45, 2.75) is 56.5 Å². The number of anilines is 1. The molecular formula is C23H27N3S4. The van der Waals surface area contributed by atoms with E-state index in [4.69, 9.17) is 17.2 Å². The minimum absolute atomic E-state index is 0.673. The van der Waals surface area contributed by atoms with Crippen molar-refractivity contribution in [2.24, 2.45) is 0 Å². The standard InChI is InChI=1S/C23H27N3S4/c1-2-3-4-5-6-9-14-28-22-25-18-13-12-17(15-21(18)29-22)24-16-26-19-10-7-8-11-20(19)30-23(26)27/h7-8,10-13,15,24H,2-6,9,14,16H2,1H3. The van der Waals surface area contributed by atoms with Gasteiger partial charge in [-0.1, -0.05) is 62.9 Å². The fourth-order valence-corrected chi connectivity index (χ4v) is 6.95. The maximum Gasteiger partial charge on any atom is 0.163 e. The van der Waals surface area contributed by atoms with E-state index in [1.54, 1.807) is 22.7 Å². The molecule has 0 atom stereocenters. The molecule has 7 heteroatoms. The van der Waals surface area contributed by atoms with Gasteiger partial charge in [-0.3, -0.25) is 0 Å². The van der Waals surface area contributed by atoms with Crippen molar-refractivity contribution >= 4 is 72.8 Å². The Morgan fingerprint density at radius 1 is 1.00 bits per heavy atom. The summed E-state index contributed by atoms with van der Waals surface area (Å²) < 4.78 is 6.71. The summed E-state index contributed by atoms with van der Waals surface area (Å²) in [5, 5.41) is 3.53. The summed E-state index contributed by atoms with van der Waals surface area (Å²) in [5.41, 5.74) is 3.39. The minimum Gasteiger partial charge on any atom is -0.367 e. The normalized spacial score (nSPS) is 11.5. The van der Waals surface area contributed by atoms with E-state index in [9.17, 15) is 0 Å². The van der Waals surface area contributed by atoms with Crippen LogP contribution in [-0.4, -0.2) is 15.3 Å². The topological polar surface area (TPSA) is 29.9 Å². The lowest BCUT2D eigenvalue weighted by Crippen LogP contribution is -2.07. The average Bonchev–Trinajstić information content (AvgIpc) is 3.30. The Hall–Kier alpha value is -1.41. The number of nitrogens with zero attached hydrogens (tertiary/aromatic N) is 2. The smallest absolute Gasteiger partial charge is 0.163 e. The average molecular weight is 474 g/mol. The van der Waals surface area contributed by atoms with Gasteiger partial charge in [0.25, 0.3) is 0 Å². The third kappa shape index (κ3) is 5.44. The van der Waals surface area contributed by atoms with E-state index in [0.717, 1.165) is 15.2 Å². The first-order valence-corrected chi connectivity index (χ1v) is 13.6. The van der Waals surface area contributed by atoms with E-state index in [1.165, 1.54) is 63.5 Å². The second kappa shape index (κ2) is 10.8. The lowest BCUT2D eigenvalue weighted by Gasteiger charge is -2.08. The Labute approximate surface area is 195 Å². The molecule has 0 bridgehead atoms. The zero-order valence-electron chi connectivity index (χ0n) is 17.2. The maximum absolute atomic E-state index is 5.56. The number of thioether (sulfide) groups is 1. The van der Waals surface area contributed by atoms with Crippen molar-refractivity contribution < 1.29 is 0 Å². The number of rotatable bonds is 11. The molecule has 0 aliphatic heterocycles. The summed E-state index contributed by atoms with van der Waals surface area (Å²) >= 11 is 10.9. The second-order valence-corrected chi connectivity index (χ2v) is 11.4. The molecular weight excluding hydrogens is 447 g/mol. The molecule has 0 aliphatic carbocycles. The third-order valence-corrected chi connectivity index (χ3v) is 8.79. The summed E-state index contributed by atoms with van der Waals surface area (Å²) in [5.74, 6) is 1.17. The molecule has 0 saturated heterocycles. The van der Waals surface area contributed by atoms with Crippen molar-refractivity contribution in [2.75, 3.05) is 11.1 Å². The largest absolute Gasteiger partial charge is 0.367 e. The van der Waals surface area contributed by atoms with E-state index in [0.29, 0.717) is 6.67 Å². The van der Waals surface area contributed by atoms with Gasteiger partial charge in [-0.25, -0.2) is 4.98 Å². The van der Waals surface area contributed by atoms with Crippen molar-refractivity contribution in [3.63, 3.8) is 0 Å². The summed E-state index contributed by atoms with van der Waals surface area (Å²) in [6, 6.07) is 14.8. The van der Waals surface area contributed by atoms with Gasteiger partial charge < -0.3 is 9.88 Å². The number of fused-ring (bicyclic) bond motifs is 2. The SMILES string of the molecule is CCCCCCCCSc1nc2ccc(NCn3c(=S)sc4ccccc43)cc2s1. The molecule has 4 aromatic rings. The number of para-hydroxylation sites is 1. The van der Waals surface area contributed by atoms with Crippen molar-refractivity contribution in [1.82, 2.24) is 9.55 Å². The second-order valence-electron chi connectivity index (χ2n) is 7.38. The molecule has 0 fully saturated rings. The highest BCUT2D eigenvalue weighted by atomic mass is 32.2. The number of aromatic nitrogens is 2. The highest BCUT2D eigenvalue weighted by Crippen LogP contribution is 2.32. The Morgan fingerprint density at radius 3 is 2.73 bits per heavy atom. The summed E-state index contributed by atoms with van der Waals surface area (Å²) in [4.78, 5) is 4.80. The fourth-order valence-electron chi connectivity index (χ4n) is 3.45. The zero-order valence-corrected chi connectivity index (χ0v) is 20.5. The predicted octanol–water partition coefficient (Wildman–Crippen LogP) is 8.56. The molecule has 2 aromatic heterocycles. The van der Waals surface area contributed by atoms with E-state index in [1.807, 2.05) is 11.8 Å². The lowest BCUT2D eigenvalue weighted by molar-refractivity contribution is 0.627. The molecule has 1 N–H and O–H groups in total. The zero-order chi connectivity index (χ0) is 20.8. The fraction of sp³-hybridized carbons (Fsp3) is 0.391. The van der Waals surface area contributed by atoms with Crippen LogP contribution in [0.4, 0.5) is 5.69 Å². The monoisotopic (exact) mass is 473 g/mol. The highest BCUT2D eigenvalue weighted by molar-refractivity contribution is 8.01. The summed E-state index contributed by atoms with van der Waals surface area (Å²) in [7, 11) is 0. The van der Waals surface area contributed by atoms with Crippen LogP contribution in [0.2, 0.25) is 0 Å². The van der Waals surface area contributed by atoms with E-state index < -0.39 is 0 Å². The maximum atomic E-state index is 5.56. The van der Waals surface area contributed by atoms with Gasteiger partial charge in [0.1, 0.15) is 0 Å². The van der Waals surface area contributed by atoms with Crippen LogP contribution in [0.15, 0.2) is 46.8 Å².